The van der Waals surface area contributed by atoms with E-state index in [9.17, 15) is 4.79 Å². The number of hydrogen-bond donors (Lipinski definition) is 0. The first-order valence-electron chi connectivity index (χ1n) is 8.19. The Morgan fingerprint density at radius 1 is 1.04 bits per heavy atom. The summed E-state index contributed by atoms with van der Waals surface area (Å²) in [4.78, 5) is 12.6. The molecule has 0 saturated carbocycles. The molecule has 0 amide bonds. The summed E-state index contributed by atoms with van der Waals surface area (Å²) in [5.74, 6) is 1.10. The molecule has 26 heavy (non-hydrogen) atoms. The number of rotatable bonds is 6. The average Bonchev–Trinajstić information content (AvgIpc) is 3.07. The number of ether oxygens (including phenoxy) is 2. The highest BCUT2D eigenvalue weighted by atomic mass is 16.5. The highest BCUT2D eigenvalue weighted by Crippen LogP contribution is 2.31. The van der Waals surface area contributed by atoms with Crippen LogP contribution in [0, 0.1) is 6.92 Å². The molecule has 3 aromatic rings. The van der Waals surface area contributed by atoms with Crippen molar-refractivity contribution in [2.45, 2.75) is 6.92 Å². The molecule has 0 bridgehead atoms. The largest absolute Gasteiger partial charge is 0.493 e. The van der Waals surface area contributed by atoms with Crippen LogP contribution in [-0.4, -0.2) is 29.8 Å². The third kappa shape index (κ3) is 3.37. The zero-order valence-corrected chi connectivity index (χ0v) is 15.0. The summed E-state index contributed by atoms with van der Waals surface area (Å²) < 4.78 is 12.4. The quantitative estimate of drug-likeness (QED) is 0.497. The molecule has 0 N–H and O–H groups in total. The summed E-state index contributed by atoms with van der Waals surface area (Å²) in [6.07, 6.45) is 4.84. The van der Waals surface area contributed by atoms with Gasteiger partial charge in [-0.3, -0.25) is 4.79 Å². The van der Waals surface area contributed by atoms with Crippen molar-refractivity contribution in [2.75, 3.05) is 14.2 Å². The highest BCUT2D eigenvalue weighted by molar-refractivity contribution is 6.07. The molecular weight excluding hydrogens is 328 g/mol. The molecule has 0 aliphatic carbocycles. The van der Waals surface area contributed by atoms with Gasteiger partial charge >= 0.3 is 0 Å². The summed E-state index contributed by atoms with van der Waals surface area (Å²) in [5, 5.41) is 4.34. The first-order valence-corrected chi connectivity index (χ1v) is 8.19. The van der Waals surface area contributed by atoms with Crippen molar-refractivity contribution in [3.8, 4) is 17.2 Å². The number of methoxy groups -OCH3 is 2. The van der Waals surface area contributed by atoms with Crippen LogP contribution in [-0.2, 0) is 0 Å². The lowest BCUT2D eigenvalue weighted by Gasteiger charge is -2.09. The van der Waals surface area contributed by atoms with E-state index in [4.69, 9.17) is 9.47 Å². The Hall–Kier alpha value is -3.34. The maximum Gasteiger partial charge on any atom is 0.189 e. The predicted octanol–water partition coefficient (Wildman–Crippen LogP) is 4.09. The van der Waals surface area contributed by atoms with Gasteiger partial charge in [-0.25, -0.2) is 4.68 Å². The molecule has 3 rings (SSSR count). The van der Waals surface area contributed by atoms with Gasteiger partial charge < -0.3 is 9.47 Å². The Bertz CT molecular complexity index is 943. The van der Waals surface area contributed by atoms with E-state index < -0.39 is 0 Å². The molecular formula is C21H20N2O3. The van der Waals surface area contributed by atoms with E-state index in [1.165, 1.54) is 6.08 Å². The van der Waals surface area contributed by atoms with Crippen LogP contribution in [0.25, 0.3) is 11.8 Å². The van der Waals surface area contributed by atoms with Crippen LogP contribution < -0.4 is 9.47 Å². The molecule has 132 valence electrons. The second-order valence-corrected chi connectivity index (χ2v) is 5.67. The number of ketones is 1. The van der Waals surface area contributed by atoms with Gasteiger partial charge in [-0.1, -0.05) is 30.3 Å². The van der Waals surface area contributed by atoms with Crippen molar-refractivity contribution in [3.63, 3.8) is 0 Å². The van der Waals surface area contributed by atoms with Crippen molar-refractivity contribution in [1.29, 1.82) is 0 Å². The van der Waals surface area contributed by atoms with Crippen molar-refractivity contribution < 1.29 is 14.3 Å². The van der Waals surface area contributed by atoms with E-state index in [-0.39, 0.29) is 5.78 Å². The lowest BCUT2D eigenvalue weighted by Crippen LogP contribution is -2.01. The fourth-order valence-corrected chi connectivity index (χ4v) is 2.78. The minimum absolute atomic E-state index is 0.116. The van der Waals surface area contributed by atoms with E-state index in [0.29, 0.717) is 17.1 Å². The average molecular weight is 348 g/mol. The maximum absolute atomic E-state index is 12.6. The number of aromatic nitrogens is 2. The molecule has 1 aromatic heterocycles. The molecule has 0 fully saturated rings. The molecule has 1 heterocycles. The van der Waals surface area contributed by atoms with Gasteiger partial charge in [-0.05, 0) is 37.3 Å². The fraction of sp³-hybridized carbons (Fsp3) is 0.143. The lowest BCUT2D eigenvalue weighted by molar-refractivity contribution is 0.104. The predicted molar refractivity (Wildman–Crippen MR) is 101 cm³/mol. The van der Waals surface area contributed by atoms with E-state index in [2.05, 4.69) is 5.10 Å². The Kier molecular flexibility index (Phi) is 5.17. The van der Waals surface area contributed by atoms with Gasteiger partial charge in [-0.15, -0.1) is 0 Å². The minimum atomic E-state index is -0.116. The van der Waals surface area contributed by atoms with E-state index in [0.717, 1.165) is 16.9 Å². The molecule has 5 heteroatoms. The number of allylic oxidation sites excluding steroid dienone is 1. The van der Waals surface area contributed by atoms with Crippen molar-refractivity contribution >= 4 is 11.9 Å². The van der Waals surface area contributed by atoms with Crippen LogP contribution in [0.15, 0.2) is 60.8 Å². The zero-order chi connectivity index (χ0) is 18.5. The Labute approximate surface area is 152 Å². The number of hydrogen-bond acceptors (Lipinski definition) is 4. The van der Waals surface area contributed by atoms with Crippen LogP contribution in [0.5, 0.6) is 11.5 Å². The number of carbonyl (C=O) groups excluding carboxylic acids is 1. The highest BCUT2D eigenvalue weighted by Gasteiger charge is 2.13. The Morgan fingerprint density at radius 2 is 1.81 bits per heavy atom. The van der Waals surface area contributed by atoms with E-state index in [1.54, 1.807) is 31.2 Å². The smallest absolute Gasteiger partial charge is 0.189 e. The molecule has 0 aliphatic rings. The molecule has 2 aromatic carbocycles. The molecule has 5 nitrogen and oxygen atoms in total. The van der Waals surface area contributed by atoms with E-state index >= 15 is 0 Å². The number of para-hydroxylation sites is 2. The van der Waals surface area contributed by atoms with Gasteiger partial charge in [0.15, 0.2) is 17.3 Å². The third-order valence-electron chi connectivity index (χ3n) is 4.12. The van der Waals surface area contributed by atoms with Crippen molar-refractivity contribution in [1.82, 2.24) is 9.78 Å². The number of nitrogens with zero attached hydrogens (tertiary/aromatic N) is 2. The van der Waals surface area contributed by atoms with Crippen molar-refractivity contribution in [3.05, 3.63) is 77.6 Å². The minimum Gasteiger partial charge on any atom is -0.493 e. The number of benzene rings is 2. The zero-order valence-electron chi connectivity index (χ0n) is 15.0. The van der Waals surface area contributed by atoms with Crippen molar-refractivity contribution in [2.24, 2.45) is 0 Å². The molecule has 0 atom stereocenters. The summed E-state index contributed by atoms with van der Waals surface area (Å²) in [6.45, 7) is 1.88. The Balaban J connectivity index is 1.88. The van der Waals surface area contributed by atoms with Gasteiger partial charge in [0.25, 0.3) is 0 Å². The van der Waals surface area contributed by atoms with Crippen LogP contribution in [0.3, 0.4) is 0 Å². The van der Waals surface area contributed by atoms with Gasteiger partial charge in [-0.2, -0.15) is 5.10 Å². The summed E-state index contributed by atoms with van der Waals surface area (Å²) in [7, 11) is 3.16. The second-order valence-electron chi connectivity index (χ2n) is 5.67. The topological polar surface area (TPSA) is 53.3 Å². The van der Waals surface area contributed by atoms with Gasteiger partial charge in [0.1, 0.15) is 0 Å². The molecule has 0 spiro atoms. The first kappa shape index (κ1) is 17.5. The standard InChI is InChI=1S/C21H20N2O3/c1-15-18(14-22-23(15)17-9-5-4-6-10-17)19(24)13-12-16-8-7-11-20(25-2)21(16)26-3/h4-14H,1-3H3/b13-12+. The van der Waals surface area contributed by atoms with Crippen LogP contribution in [0.1, 0.15) is 21.6 Å². The normalized spacial score (nSPS) is 10.9. The Morgan fingerprint density at radius 3 is 2.50 bits per heavy atom. The SMILES string of the molecule is COc1cccc(/C=C/C(=O)c2cnn(-c3ccccc3)c2C)c1OC. The molecule has 0 radical (unpaired) electrons. The summed E-state index contributed by atoms with van der Waals surface area (Å²) >= 11 is 0. The lowest BCUT2D eigenvalue weighted by atomic mass is 10.1. The monoisotopic (exact) mass is 348 g/mol. The van der Waals surface area contributed by atoms with Gasteiger partial charge in [0.05, 0.1) is 37.4 Å². The first-order chi connectivity index (χ1) is 12.7. The third-order valence-corrected chi connectivity index (χ3v) is 4.12. The van der Waals surface area contributed by atoms with Crippen LogP contribution in [0.4, 0.5) is 0 Å². The van der Waals surface area contributed by atoms with Gasteiger partial charge in [0.2, 0.25) is 0 Å². The fourth-order valence-electron chi connectivity index (χ4n) is 2.78. The van der Waals surface area contributed by atoms with E-state index in [1.807, 2.05) is 55.5 Å². The number of carbonyl (C=O) groups is 1. The molecule has 0 saturated heterocycles. The molecule has 0 unspecified atom stereocenters. The second kappa shape index (κ2) is 7.70. The van der Waals surface area contributed by atoms with Crippen LogP contribution >= 0.6 is 0 Å². The van der Waals surface area contributed by atoms with Crippen LogP contribution in [0.2, 0.25) is 0 Å². The van der Waals surface area contributed by atoms with Gasteiger partial charge in [0, 0.05) is 5.56 Å². The molecule has 0 aliphatic heterocycles. The summed E-state index contributed by atoms with van der Waals surface area (Å²) in [6, 6.07) is 15.2. The maximum atomic E-state index is 12.6. The summed E-state index contributed by atoms with van der Waals surface area (Å²) in [5.41, 5.74) is 3.05.